The lowest BCUT2D eigenvalue weighted by Gasteiger charge is -2.12. The highest BCUT2D eigenvalue weighted by atomic mass is 16.1. The minimum absolute atomic E-state index is 0.0161. The van der Waals surface area contributed by atoms with Crippen LogP contribution in [0, 0.1) is 13.8 Å². The van der Waals surface area contributed by atoms with Crippen LogP contribution in [0.3, 0.4) is 0 Å². The van der Waals surface area contributed by atoms with E-state index in [1.54, 1.807) is 10.9 Å². The molecule has 0 aliphatic heterocycles. The fourth-order valence-electron chi connectivity index (χ4n) is 4.31. The first-order valence-electron chi connectivity index (χ1n) is 10.7. The topological polar surface area (TPSA) is 39.8 Å². The van der Waals surface area contributed by atoms with Crippen LogP contribution < -0.4 is 5.56 Å². The molecule has 154 valence electrons. The Morgan fingerprint density at radius 2 is 1.68 bits per heavy atom. The van der Waals surface area contributed by atoms with Gasteiger partial charge in [-0.2, -0.15) is 0 Å². The summed E-state index contributed by atoms with van der Waals surface area (Å²) < 4.78 is 3.88. The standard InChI is InChI=1S/C27H25N3O/c1-19-12-13-20(2)22(16-19)17-30-24-11-7-6-10-23(24)25-26(30)27(31)29(18-28-25)15-14-21-8-4-3-5-9-21/h3-13,16,18H,14-15,17H2,1-2H3. The van der Waals surface area contributed by atoms with Gasteiger partial charge in [-0.15, -0.1) is 0 Å². The lowest BCUT2D eigenvalue weighted by atomic mass is 10.1. The van der Waals surface area contributed by atoms with Crippen molar-refractivity contribution in [1.29, 1.82) is 0 Å². The van der Waals surface area contributed by atoms with Gasteiger partial charge in [0.15, 0.2) is 0 Å². The molecule has 2 heterocycles. The predicted molar refractivity (Wildman–Crippen MR) is 127 cm³/mol. The zero-order chi connectivity index (χ0) is 21.4. The fraction of sp³-hybridized carbons (Fsp3) is 0.185. The van der Waals surface area contributed by atoms with Crippen molar-refractivity contribution in [2.75, 3.05) is 0 Å². The van der Waals surface area contributed by atoms with E-state index in [1.807, 2.05) is 30.3 Å². The molecule has 0 fully saturated rings. The zero-order valence-corrected chi connectivity index (χ0v) is 17.9. The summed E-state index contributed by atoms with van der Waals surface area (Å²) in [5.41, 5.74) is 7.41. The molecule has 3 aromatic carbocycles. The second-order valence-corrected chi connectivity index (χ2v) is 8.21. The van der Waals surface area contributed by atoms with E-state index >= 15 is 0 Å². The minimum atomic E-state index is 0.0161. The highest BCUT2D eigenvalue weighted by Gasteiger charge is 2.17. The summed E-state index contributed by atoms with van der Waals surface area (Å²) in [7, 11) is 0. The normalized spacial score (nSPS) is 11.4. The Balaban J connectivity index is 1.65. The first-order chi connectivity index (χ1) is 15.1. The number of fused-ring (bicyclic) bond motifs is 3. The Hall–Kier alpha value is -3.66. The van der Waals surface area contributed by atoms with Gasteiger partial charge in [0.1, 0.15) is 11.0 Å². The largest absolute Gasteiger partial charge is 0.330 e. The SMILES string of the molecule is Cc1ccc(C)c(Cn2c3ccccc3c3ncn(CCc4ccccc4)c(=O)c32)c1. The number of aromatic nitrogens is 3. The van der Waals surface area contributed by atoms with Crippen LogP contribution in [-0.4, -0.2) is 14.1 Å². The average Bonchev–Trinajstić information content (AvgIpc) is 3.11. The van der Waals surface area contributed by atoms with Gasteiger partial charge in [-0.3, -0.25) is 9.36 Å². The maximum Gasteiger partial charge on any atom is 0.277 e. The fourth-order valence-corrected chi connectivity index (χ4v) is 4.31. The molecule has 0 bridgehead atoms. The smallest absolute Gasteiger partial charge is 0.277 e. The highest BCUT2D eigenvalue weighted by Crippen LogP contribution is 2.27. The van der Waals surface area contributed by atoms with Crippen LogP contribution in [0.25, 0.3) is 21.9 Å². The van der Waals surface area contributed by atoms with Gasteiger partial charge < -0.3 is 4.57 Å². The summed E-state index contributed by atoms with van der Waals surface area (Å²) in [5.74, 6) is 0. The molecule has 0 saturated carbocycles. The summed E-state index contributed by atoms with van der Waals surface area (Å²) in [4.78, 5) is 18.3. The van der Waals surface area contributed by atoms with Crippen LogP contribution in [0.4, 0.5) is 0 Å². The molecular formula is C27H25N3O. The summed E-state index contributed by atoms with van der Waals surface area (Å²) >= 11 is 0. The molecule has 0 N–H and O–H groups in total. The van der Waals surface area contributed by atoms with E-state index in [-0.39, 0.29) is 5.56 Å². The quantitative estimate of drug-likeness (QED) is 0.399. The van der Waals surface area contributed by atoms with Gasteiger partial charge in [-0.1, -0.05) is 72.3 Å². The summed E-state index contributed by atoms with van der Waals surface area (Å²) in [5, 5.41) is 1.02. The van der Waals surface area contributed by atoms with Gasteiger partial charge >= 0.3 is 0 Å². The molecular weight excluding hydrogens is 382 g/mol. The van der Waals surface area contributed by atoms with Crippen LogP contribution in [0.15, 0.2) is 83.9 Å². The average molecular weight is 408 g/mol. The van der Waals surface area contributed by atoms with Crippen molar-refractivity contribution in [1.82, 2.24) is 14.1 Å². The molecule has 0 aliphatic rings. The molecule has 0 atom stereocenters. The number of nitrogens with zero attached hydrogens (tertiary/aromatic N) is 3. The second-order valence-electron chi connectivity index (χ2n) is 8.21. The van der Waals surface area contributed by atoms with Crippen molar-refractivity contribution in [3.8, 4) is 0 Å². The predicted octanol–water partition coefficient (Wildman–Crippen LogP) is 5.26. The molecule has 0 radical (unpaired) electrons. The Bertz CT molecular complexity index is 1440. The summed E-state index contributed by atoms with van der Waals surface area (Å²) in [6.07, 6.45) is 2.49. The number of para-hydroxylation sites is 1. The first-order valence-corrected chi connectivity index (χ1v) is 10.7. The van der Waals surface area contributed by atoms with Crippen LogP contribution in [-0.2, 0) is 19.5 Å². The molecule has 5 rings (SSSR count). The Labute approximate surface area is 181 Å². The van der Waals surface area contributed by atoms with E-state index in [2.05, 4.69) is 60.9 Å². The van der Waals surface area contributed by atoms with Crippen molar-refractivity contribution in [3.63, 3.8) is 0 Å². The zero-order valence-electron chi connectivity index (χ0n) is 17.9. The van der Waals surface area contributed by atoms with Crippen LogP contribution in [0.1, 0.15) is 22.3 Å². The van der Waals surface area contributed by atoms with Crippen LogP contribution >= 0.6 is 0 Å². The van der Waals surface area contributed by atoms with Gasteiger partial charge in [-0.25, -0.2) is 4.98 Å². The molecule has 0 aliphatic carbocycles. The third-order valence-corrected chi connectivity index (χ3v) is 6.05. The molecule has 0 spiro atoms. The number of hydrogen-bond donors (Lipinski definition) is 0. The number of benzene rings is 3. The number of hydrogen-bond acceptors (Lipinski definition) is 2. The van der Waals surface area contributed by atoms with Gasteiger partial charge in [0, 0.05) is 18.5 Å². The Morgan fingerprint density at radius 1 is 0.903 bits per heavy atom. The van der Waals surface area contributed by atoms with Gasteiger partial charge in [0.2, 0.25) is 0 Å². The molecule has 2 aromatic heterocycles. The van der Waals surface area contributed by atoms with E-state index in [1.165, 1.54) is 22.3 Å². The molecule has 4 heteroatoms. The molecule has 31 heavy (non-hydrogen) atoms. The lowest BCUT2D eigenvalue weighted by molar-refractivity contribution is 0.658. The van der Waals surface area contributed by atoms with Gasteiger partial charge in [-0.05, 0) is 43.0 Å². The van der Waals surface area contributed by atoms with E-state index in [9.17, 15) is 4.79 Å². The maximum atomic E-state index is 13.6. The Kier molecular flexibility index (Phi) is 4.91. The first kappa shape index (κ1) is 19.3. The molecule has 0 unspecified atom stereocenters. The van der Waals surface area contributed by atoms with Crippen LogP contribution in [0.2, 0.25) is 0 Å². The van der Waals surface area contributed by atoms with Crippen molar-refractivity contribution in [2.45, 2.75) is 33.4 Å². The van der Waals surface area contributed by atoms with Gasteiger partial charge in [0.05, 0.1) is 11.8 Å². The maximum absolute atomic E-state index is 13.6. The molecule has 0 saturated heterocycles. The highest BCUT2D eigenvalue weighted by molar-refractivity contribution is 6.05. The van der Waals surface area contributed by atoms with E-state index in [0.717, 1.165) is 22.8 Å². The third-order valence-electron chi connectivity index (χ3n) is 6.05. The number of rotatable bonds is 5. The van der Waals surface area contributed by atoms with E-state index in [4.69, 9.17) is 4.98 Å². The molecule has 4 nitrogen and oxygen atoms in total. The minimum Gasteiger partial charge on any atom is -0.330 e. The second kappa shape index (κ2) is 7.88. The monoisotopic (exact) mass is 407 g/mol. The molecule has 5 aromatic rings. The van der Waals surface area contributed by atoms with E-state index < -0.39 is 0 Å². The Morgan fingerprint density at radius 3 is 2.52 bits per heavy atom. The van der Waals surface area contributed by atoms with Crippen molar-refractivity contribution in [3.05, 3.63) is 112 Å². The summed E-state index contributed by atoms with van der Waals surface area (Å²) in [6, 6.07) is 24.9. The van der Waals surface area contributed by atoms with Crippen molar-refractivity contribution < 1.29 is 0 Å². The summed E-state index contributed by atoms with van der Waals surface area (Å²) in [6.45, 7) is 5.49. The number of aryl methyl sites for hydroxylation is 4. The van der Waals surface area contributed by atoms with Crippen molar-refractivity contribution in [2.24, 2.45) is 0 Å². The van der Waals surface area contributed by atoms with Gasteiger partial charge in [0.25, 0.3) is 5.56 Å². The molecule has 0 amide bonds. The van der Waals surface area contributed by atoms with Crippen molar-refractivity contribution >= 4 is 21.9 Å². The lowest BCUT2D eigenvalue weighted by Crippen LogP contribution is -2.23. The van der Waals surface area contributed by atoms with Crippen LogP contribution in [0.5, 0.6) is 0 Å². The third kappa shape index (κ3) is 3.55. The van der Waals surface area contributed by atoms with E-state index in [0.29, 0.717) is 18.6 Å².